The number of benzene rings is 1. The molecule has 0 atom stereocenters. The van der Waals surface area contributed by atoms with Gasteiger partial charge in [0.2, 0.25) is 5.95 Å². The van der Waals surface area contributed by atoms with E-state index in [4.69, 9.17) is 5.73 Å². The average Bonchev–Trinajstić information content (AvgIpc) is 2.98. The quantitative estimate of drug-likeness (QED) is 0.688. The van der Waals surface area contributed by atoms with Gasteiger partial charge in [-0.25, -0.2) is 4.98 Å². The maximum atomic E-state index is 5.86. The van der Waals surface area contributed by atoms with Gasteiger partial charge in [-0.1, -0.05) is 12.5 Å². The van der Waals surface area contributed by atoms with Crippen molar-refractivity contribution < 1.29 is 0 Å². The molecule has 2 heterocycles. The fraction of sp³-hybridized carbons (Fsp3) is 0.312. The zero-order chi connectivity index (χ0) is 14.9. The maximum Gasteiger partial charge on any atom is 0.222 e. The second kappa shape index (κ2) is 5.29. The first-order valence-corrected chi connectivity index (χ1v) is 7.60. The third-order valence-corrected chi connectivity index (χ3v) is 4.31. The summed E-state index contributed by atoms with van der Waals surface area (Å²) in [4.78, 5) is 8.72. The zero-order valence-corrected chi connectivity index (χ0v) is 12.2. The topological polar surface area (TPSA) is 92.5 Å². The smallest absolute Gasteiger partial charge is 0.222 e. The zero-order valence-electron chi connectivity index (χ0n) is 12.2. The first-order chi connectivity index (χ1) is 10.8. The van der Waals surface area contributed by atoms with Gasteiger partial charge < -0.3 is 11.1 Å². The van der Waals surface area contributed by atoms with E-state index in [-0.39, 0.29) is 0 Å². The van der Waals surface area contributed by atoms with Crippen molar-refractivity contribution >= 4 is 22.7 Å². The van der Waals surface area contributed by atoms with E-state index >= 15 is 0 Å². The van der Waals surface area contributed by atoms with Gasteiger partial charge in [0.25, 0.3) is 0 Å². The van der Waals surface area contributed by atoms with Gasteiger partial charge in [-0.2, -0.15) is 10.1 Å². The van der Waals surface area contributed by atoms with Crippen molar-refractivity contribution in [3.8, 4) is 11.3 Å². The largest absolute Gasteiger partial charge is 0.369 e. The van der Waals surface area contributed by atoms with Gasteiger partial charge in [0.05, 0.1) is 11.2 Å². The van der Waals surface area contributed by atoms with Gasteiger partial charge >= 0.3 is 0 Å². The van der Waals surface area contributed by atoms with Crippen molar-refractivity contribution in [2.75, 3.05) is 17.6 Å². The van der Waals surface area contributed by atoms with Crippen molar-refractivity contribution in [2.45, 2.75) is 19.3 Å². The molecule has 0 unspecified atom stereocenters. The van der Waals surface area contributed by atoms with Crippen molar-refractivity contribution in [2.24, 2.45) is 5.92 Å². The lowest BCUT2D eigenvalue weighted by molar-refractivity contribution is 0.333. The normalized spacial score (nSPS) is 14.9. The Morgan fingerprint density at radius 3 is 2.86 bits per heavy atom. The molecule has 0 bridgehead atoms. The number of hydrogen-bond donors (Lipinski definition) is 3. The number of nitrogens with zero attached hydrogens (tertiary/aromatic N) is 3. The van der Waals surface area contributed by atoms with E-state index in [1.807, 2.05) is 24.3 Å². The molecule has 0 saturated heterocycles. The van der Waals surface area contributed by atoms with Gasteiger partial charge in [0.15, 0.2) is 0 Å². The molecule has 22 heavy (non-hydrogen) atoms. The Balaban J connectivity index is 1.70. The fourth-order valence-electron chi connectivity index (χ4n) is 2.80. The minimum Gasteiger partial charge on any atom is -0.369 e. The van der Waals surface area contributed by atoms with Gasteiger partial charge in [0.1, 0.15) is 5.82 Å². The summed E-state index contributed by atoms with van der Waals surface area (Å²) >= 11 is 0. The molecule has 1 aliphatic rings. The number of rotatable bonds is 4. The van der Waals surface area contributed by atoms with Crippen LogP contribution in [0.5, 0.6) is 0 Å². The molecule has 0 amide bonds. The summed E-state index contributed by atoms with van der Waals surface area (Å²) in [5.41, 5.74) is 8.70. The fourth-order valence-corrected chi connectivity index (χ4v) is 2.80. The molecule has 3 aromatic rings. The van der Waals surface area contributed by atoms with Gasteiger partial charge in [-0.15, -0.1) is 0 Å². The Bertz CT molecular complexity index is 792. The summed E-state index contributed by atoms with van der Waals surface area (Å²) < 4.78 is 0. The van der Waals surface area contributed by atoms with Crippen LogP contribution in [0.25, 0.3) is 22.2 Å². The summed E-state index contributed by atoms with van der Waals surface area (Å²) in [6.45, 7) is 0.952. The van der Waals surface area contributed by atoms with Gasteiger partial charge in [0, 0.05) is 23.7 Å². The number of H-pyrrole nitrogens is 1. The molecular formula is C16H18N6. The molecule has 0 radical (unpaired) electrons. The van der Waals surface area contributed by atoms with Crippen molar-refractivity contribution in [1.29, 1.82) is 0 Å². The number of nitrogens with two attached hydrogens (primary N) is 1. The third-order valence-electron chi connectivity index (χ3n) is 4.31. The summed E-state index contributed by atoms with van der Waals surface area (Å²) in [6.07, 6.45) is 5.68. The van der Waals surface area contributed by atoms with Gasteiger partial charge in [-0.3, -0.25) is 5.10 Å². The molecule has 6 heteroatoms. The number of anilines is 2. The summed E-state index contributed by atoms with van der Waals surface area (Å²) in [6, 6.07) is 8.02. The van der Waals surface area contributed by atoms with E-state index in [0.29, 0.717) is 5.95 Å². The molecule has 4 N–H and O–H groups in total. The van der Waals surface area contributed by atoms with E-state index in [2.05, 4.69) is 25.5 Å². The number of nitrogen functional groups attached to an aromatic ring is 1. The number of nitrogens with one attached hydrogen (secondary N) is 2. The Kier molecular flexibility index (Phi) is 3.14. The third kappa shape index (κ3) is 2.36. The number of aromatic amines is 1. The summed E-state index contributed by atoms with van der Waals surface area (Å²) in [7, 11) is 0. The van der Waals surface area contributed by atoms with Crippen LogP contribution >= 0.6 is 0 Å². The van der Waals surface area contributed by atoms with Crippen LogP contribution in [-0.4, -0.2) is 26.7 Å². The lowest BCUT2D eigenvalue weighted by Gasteiger charge is -2.25. The molecule has 1 fully saturated rings. The van der Waals surface area contributed by atoms with E-state index in [0.717, 1.165) is 40.4 Å². The maximum absolute atomic E-state index is 5.86. The molecule has 1 aromatic carbocycles. The molecule has 2 aromatic heterocycles. The lowest BCUT2D eigenvalue weighted by Crippen LogP contribution is -2.21. The summed E-state index contributed by atoms with van der Waals surface area (Å²) in [5.74, 6) is 1.88. The SMILES string of the molecule is Nc1nc(NCC2CCC2)c2ccc(-c3ccn[nH]3)cc2n1. The standard InChI is InChI=1S/C16H18N6/c17-16-20-14-8-11(13-6-7-19-22-13)4-5-12(14)15(21-16)18-9-10-2-1-3-10/h4-8,10H,1-3,9H2,(H,19,22)(H3,17,18,20,21). The van der Waals surface area contributed by atoms with Gasteiger partial charge in [-0.05, 0) is 37.0 Å². The van der Waals surface area contributed by atoms with Crippen molar-refractivity contribution in [3.05, 3.63) is 30.5 Å². The van der Waals surface area contributed by atoms with Crippen LogP contribution in [0.15, 0.2) is 30.5 Å². The highest BCUT2D eigenvalue weighted by Gasteiger charge is 2.17. The Labute approximate surface area is 128 Å². The molecular weight excluding hydrogens is 276 g/mol. The van der Waals surface area contributed by atoms with Crippen LogP contribution in [0.3, 0.4) is 0 Å². The van der Waals surface area contributed by atoms with Crippen molar-refractivity contribution in [3.63, 3.8) is 0 Å². The summed E-state index contributed by atoms with van der Waals surface area (Å²) in [5, 5.41) is 11.4. The monoisotopic (exact) mass is 294 g/mol. The molecule has 0 aliphatic heterocycles. The van der Waals surface area contributed by atoms with Crippen LogP contribution in [0.4, 0.5) is 11.8 Å². The lowest BCUT2D eigenvalue weighted by atomic mass is 9.85. The molecule has 112 valence electrons. The van der Waals surface area contributed by atoms with Crippen LogP contribution in [-0.2, 0) is 0 Å². The Morgan fingerprint density at radius 2 is 2.14 bits per heavy atom. The molecule has 1 saturated carbocycles. The average molecular weight is 294 g/mol. The minimum atomic E-state index is 0.297. The van der Waals surface area contributed by atoms with Crippen LogP contribution in [0.2, 0.25) is 0 Å². The highest BCUT2D eigenvalue weighted by Crippen LogP contribution is 2.29. The second-order valence-electron chi connectivity index (χ2n) is 5.81. The van der Waals surface area contributed by atoms with E-state index in [1.54, 1.807) is 6.20 Å². The molecule has 4 rings (SSSR count). The first kappa shape index (κ1) is 13.1. The predicted molar refractivity (Wildman–Crippen MR) is 87.4 cm³/mol. The molecule has 6 nitrogen and oxygen atoms in total. The van der Waals surface area contributed by atoms with E-state index in [1.165, 1.54) is 19.3 Å². The van der Waals surface area contributed by atoms with Crippen LogP contribution in [0, 0.1) is 5.92 Å². The minimum absolute atomic E-state index is 0.297. The number of hydrogen-bond acceptors (Lipinski definition) is 5. The first-order valence-electron chi connectivity index (χ1n) is 7.60. The van der Waals surface area contributed by atoms with Crippen molar-refractivity contribution in [1.82, 2.24) is 20.2 Å². The van der Waals surface area contributed by atoms with Crippen LogP contribution < -0.4 is 11.1 Å². The van der Waals surface area contributed by atoms with E-state index < -0.39 is 0 Å². The van der Waals surface area contributed by atoms with Crippen LogP contribution in [0.1, 0.15) is 19.3 Å². The Hall–Kier alpha value is -2.63. The Morgan fingerprint density at radius 1 is 1.23 bits per heavy atom. The highest BCUT2D eigenvalue weighted by molar-refractivity contribution is 5.92. The molecule has 1 aliphatic carbocycles. The number of aromatic nitrogens is 4. The number of fused-ring (bicyclic) bond motifs is 1. The molecule has 0 spiro atoms. The second-order valence-corrected chi connectivity index (χ2v) is 5.81. The predicted octanol–water partition coefficient (Wildman–Crippen LogP) is 2.81. The highest BCUT2D eigenvalue weighted by atomic mass is 15.1. The van der Waals surface area contributed by atoms with E-state index in [9.17, 15) is 0 Å².